The van der Waals surface area contributed by atoms with Crippen molar-refractivity contribution in [1.29, 1.82) is 0 Å². The number of amides is 1. The summed E-state index contributed by atoms with van der Waals surface area (Å²) in [6.45, 7) is 1.94. The Labute approximate surface area is 79.2 Å². The zero-order valence-electron chi connectivity index (χ0n) is 7.16. The number of hydrogen-bond acceptors (Lipinski definition) is 3. The lowest BCUT2D eigenvalue weighted by atomic mass is 10.2. The van der Waals surface area contributed by atoms with Crippen LogP contribution in [0.4, 0.5) is 0 Å². The number of carbonyl (C=O) groups excluding carboxylic acids is 1. The summed E-state index contributed by atoms with van der Waals surface area (Å²) in [4.78, 5) is 10.7. The predicted octanol–water partition coefficient (Wildman–Crippen LogP) is 0.674. The molecule has 0 aromatic heterocycles. The molecule has 74 valence electrons. The Hall–Kier alpha value is -0.290. The molecule has 0 heterocycles. The van der Waals surface area contributed by atoms with Gasteiger partial charge in [0, 0.05) is 6.42 Å². The number of carbonyl (C=O) groups is 1. The lowest BCUT2D eigenvalue weighted by Crippen LogP contribution is -2.28. The molecular weight excluding hydrogens is 202 g/mol. The Morgan fingerprint density at radius 3 is 2.25 bits per heavy atom. The number of nitrogens with one attached hydrogen (secondary N) is 1. The third-order valence-electron chi connectivity index (χ3n) is 1.06. The SMILES string of the molecule is CCCCC(=O)NS(C)(=O)=O.Cl. The van der Waals surface area contributed by atoms with E-state index in [0.717, 1.165) is 19.1 Å². The molecule has 0 aromatic rings. The third kappa shape index (κ3) is 9.71. The van der Waals surface area contributed by atoms with E-state index in [0.29, 0.717) is 0 Å². The van der Waals surface area contributed by atoms with Crippen LogP contribution in [0.25, 0.3) is 0 Å². The Balaban J connectivity index is 0. The number of sulfonamides is 1. The smallest absolute Gasteiger partial charge is 0.233 e. The minimum absolute atomic E-state index is 0. The van der Waals surface area contributed by atoms with Crippen molar-refractivity contribution >= 4 is 28.3 Å². The predicted molar refractivity (Wildman–Crippen MR) is 49.8 cm³/mol. The van der Waals surface area contributed by atoms with E-state index in [2.05, 4.69) is 0 Å². The van der Waals surface area contributed by atoms with Crippen LogP contribution in [0.5, 0.6) is 0 Å². The van der Waals surface area contributed by atoms with E-state index in [4.69, 9.17) is 0 Å². The molecule has 0 spiro atoms. The van der Waals surface area contributed by atoms with E-state index in [9.17, 15) is 13.2 Å². The maximum Gasteiger partial charge on any atom is 0.233 e. The second-order valence-electron chi connectivity index (χ2n) is 2.40. The topological polar surface area (TPSA) is 63.2 Å². The minimum Gasteiger partial charge on any atom is -0.274 e. The van der Waals surface area contributed by atoms with E-state index in [1.54, 1.807) is 0 Å². The van der Waals surface area contributed by atoms with Crippen molar-refractivity contribution in [2.75, 3.05) is 6.26 Å². The van der Waals surface area contributed by atoms with Gasteiger partial charge < -0.3 is 0 Å². The van der Waals surface area contributed by atoms with Crippen molar-refractivity contribution in [2.45, 2.75) is 26.2 Å². The van der Waals surface area contributed by atoms with E-state index >= 15 is 0 Å². The van der Waals surface area contributed by atoms with Crippen LogP contribution >= 0.6 is 12.4 Å². The highest BCUT2D eigenvalue weighted by Gasteiger charge is 2.06. The van der Waals surface area contributed by atoms with Crippen molar-refractivity contribution in [1.82, 2.24) is 4.72 Å². The van der Waals surface area contributed by atoms with Gasteiger partial charge in [-0.15, -0.1) is 12.4 Å². The number of unbranched alkanes of at least 4 members (excludes halogenated alkanes) is 1. The average Bonchev–Trinajstić information content (AvgIpc) is 1.79. The molecule has 0 aliphatic carbocycles. The summed E-state index contributed by atoms with van der Waals surface area (Å²) in [6.07, 6.45) is 2.86. The van der Waals surface area contributed by atoms with Gasteiger partial charge in [-0.3, -0.25) is 9.52 Å². The van der Waals surface area contributed by atoms with Crippen molar-refractivity contribution in [3.05, 3.63) is 0 Å². The van der Waals surface area contributed by atoms with Crippen molar-refractivity contribution in [2.24, 2.45) is 0 Å². The molecule has 0 saturated carbocycles. The number of hydrogen-bond donors (Lipinski definition) is 1. The van der Waals surface area contributed by atoms with Crippen LogP contribution < -0.4 is 4.72 Å². The highest BCUT2D eigenvalue weighted by Crippen LogP contribution is 1.93. The largest absolute Gasteiger partial charge is 0.274 e. The molecule has 0 rings (SSSR count). The lowest BCUT2D eigenvalue weighted by molar-refractivity contribution is -0.119. The molecule has 0 bridgehead atoms. The quantitative estimate of drug-likeness (QED) is 0.750. The summed E-state index contributed by atoms with van der Waals surface area (Å²) >= 11 is 0. The van der Waals surface area contributed by atoms with E-state index in [-0.39, 0.29) is 18.8 Å². The van der Waals surface area contributed by atoms with Crippen LogP contribution in [0, 0.1) is 0 Å². The molecular formula is C6H14ClNO3S. The van der Waals surface area contributed by atoms with E-state index < -0.39 is 15.9 Å². The van der Waals surface area contributed by atoms with Crippen LogP contribution in [0.15, 0.2) is 0 Å². The maximum absolute atomic E-state index is 10.7. The van der Waals surface area contributed by atoms with Crippen LogP contribution in [0.2, 0.25) is 0 Å². The van der Waals surface area contributed by atoms with Gasteiger partial charge in [-0.05, 0) is 6.42 Å². The van der Waals surface area contributed by atoms with Gasteiger partial charge in [0.2, 0.25) is 15.9 Å². The summed E-state index contributed by atoms with van der Waals surface area (Å²) in [5.41, 5.74) is 0. The maximum atomic E-state index is 10.7. The van der Waals surface area contributed by atoms with Crippen molar-refractivity contribution < 1.29 is 13.2 Å². The Morgan fingerprint density at radius 2 is 1.92 bits per heavy atom. The molecule has 0 aliphatic rings. The monoisotopic (exact) mass is 215 g/mol. The van der Waals surface area contributed by atoms with Gasteiger partial charge in [-0.25, -0.2) is 8.42 Å². The normalized spacial score (nSPS) is 10.2. The van der Waals surface area contributed by atoms with Gasteiger partial charge in [-0.2, -0.15) is 0 Å². The molecule has 6 heteroatoms. The number of rotatable bonds is 4. The van der Waals surface area contributed by atoms with Gasteiger partial charge >= 0.3 is 0 Å². The summed E-state index contributed by atoms with van der Waals surface area (Å²) < 4.78 is 22.8. The molecule has 0 aromatic carbocycles. The fourth-order valence-corrected chi connectivity index (χ4v) is 1.11. The zero-order chi connectivity index (χ0) is 8.91. The van der Waals surface area contributed by atoms with Gasteiger partial charge in [0.15, 0.2) is 0 Å². The molecule has 1 amide bonds. The summed E-state index contributed by atoms with van der Waals surface area (Å²) in [5.74, 6) is -0.422. The molecule has 0 unspecified atom stereocenters. The number of halogens is 1. The first-order valence-corrected chi connectivity index (χ1v) is 5.35. The highest BCUT2D eigenvalue weighted by atomic mass is 35.5. The van der Waals surface area contributed by atoms with Gasteiger partial charge in [0.1, 0.15) is 0 Å². The first-order valence-electron chi connectivity index (χ1n) is 3.46. The van der Waals surface area contributed by atoms with Gasteiger partial charge in [0.25, 0.3) is 0 Å². The second-order valence-corrected chi connectivity index (χ2v) is 4.15. The molecule has 4 nitrogen and oxygen atoms in total. The highest BCUT2D eigenvalue weighted by molar-refractivity contribution is 7.89. The summed E-state index contributed by atoms with van der Waals surface area (Å²) in [5, 5.41) is 0. The molecule has 1 N–H and O–H groups in total. The van der Waals surface area contributed by atoms with Gasteiger partial charge in [0.05, 0.1) is 6.26 Å². The van der Waals surface area contributed by atoms with E-state index in [1.165, 1.54) is 0 Å². The van der Waals surface area contributed by atoms with E-state index in [1.807, 2.05) is 11.6 Å². The molecule has 12 heavy (non-hydrogen) atoms. The van der Waals surface area contributed by atoms with Crippen LogP contribution in [-0.4, -0.2) is 20.6 Å². The second kappa shape index (κ2) is 6.25. The van der Waals surface area contributed by atoms with Crippen LogP contribution in [0.3, 0.4) is 0 Å². The fourth-order valence-electron chi connectivity index (χ4n) is 0.595. The third-order valence-corrected chi connectivity index (χ3v) is 1.66. The average molecular weight is 216 g/mol. The van der Waals surface area contributed by atoms with Crippen molar-refractivity contribution in [3.63, 3.8) is 0 Å². The first-order chi connectivity index (χ1) is 4.95. The fraction of sp³-hybridized carbons (Fsp3) is 0.833. The standard InChI is InChI=1S/C6H13NO3S.ClH/c1-3-4-5-6(8)7-11(2,9)10;/h3-5H2,1-2H3,(H,7,8);1H. The molecule has 0 saturated heterocycles. The van der Waals surface area contributed by atoms with Crippen LogP contribution in [-0.2, 0) is 14.8 Å². The summed E-state index contributed by atoms with van der Waals surface area (Å²) in [6, 6.07) is 0. The van der Waals surface area contributed by atoms with Crippen molar-refractivity contribution in [3.8, 4) is 0 Å². The Morgan fingerprint density at radius 1 is 1.42 bits per heavy atom. The van der Waals surface area contributed by atoms with Crippen LogP contribution in [0.1, 0.15) is 26.2 Å². The Bertz CT molecular complexity index is 225. The zero-order valence-corrected chi connectivity index (χ0v) is 8.80. The molecule has 0 fully saturated rings. The molecule has 0 atom stereocenters. The lowest BCUT2D eigenvalue weighted by Gasteiger charge is -1.99. The first kappa shape index (κ1) is 14.2. The van der Waals surface area contributed by atoms with Gasteiger partial charge in [-0.1, -0.05) is 13.3 Å². The summed E-state index contributed by atoms with van der Waals surface area (Å²) in [7, 11) is -3.35. The Kier molecular flexibility index (Phi) is 7.42. The molecule has 0 aliphatic heterocycles. The minimum atomic E-state index is -3.35. The molecule has 0 radical (unpaired) electrons.